The van der Waals surface area contributed by atoms with E-state index < -0.39 is 7.26 Å². The van der Waals surface area contributed by atoms with Crippen LogP contribution in [0.15, 0.2) is 158 Å². The molecule has 43 heavy (non-hydrogen) atoms. The highest BCUT2D eigenvalue weighted by atomic mass is 35.5. The predicted molar refractivity (Wildman–Crippen MR) is 183 cm³/mol. The normalized spacial score (nSPS) is 10.9. The lowest BCUT2D eigenvalue weighted by Crippen LogP contribution is -2.32. The van der Waals surface area contributed by atoms with Crippen molar-refractivity contribution in [3.05, 3.63) is 178 Å². The van der Waals surface area contributed by atoms with Gasteiger partial charge in [0, 0.05) is 10.0 Å². The lowest BCUT2D eigenvalue weighted by molar-refractivity contribution is -0.269. The monoisotopic (exact) mass is 640 g/mol. The topological polar surface area (TPSA) is 32.3 Å². The Labute approximate surface area is 268 Å². The van der Waals surface area contributed by atoms with Crippen molar-refractivity contribution in [3.63, 3.8) is 0 Å². The quantitative estimate of drug-likeness (QED) is 0.163. The number of hydrogen-bond donors (Lipinski definition) is 0. The molecule has 0 spiro atoms. The number of benzene rings is 6. The van der Waals surface area contributed by atoms with Gasteiger partial charge in [-0.1, -0.05) is 125 Å². The van der Waals surface area contributed by atoms with E-state index in [2.05, 4.69) is 121 Å². The molecule has 214 valence electrons. The highest BCUT2D eigenvalue weighted by molar-refractivity contribution is 7.95. The van der Waals surface area contributed by atoms with E-state index in [4.69, 9.17) is 39.5 Å². The largest absolute Gasteiger partial charge is 0.870 e. The molecule has 0 aliphatic heterocycles. The number of ether oxygens (including phenoxy) is 1. The van der Waals surface area contributed by atoms with Crippen LogP contribution in [0.3, 0.4) is 0 Å². The molecule has 0 atom stereocenters. The van der Waals surface area contributed by atoms with E-state index in [1.54, 1.807) is 24.3 Å². The lowest BCUT2D eigenvalue weighted by atomic mass is 10.2. The summed E-state index contributed by atoms with van der Waals surface area (Å²) < 4.78 is 5.39. The molecule has 6 rings (SSSR count). The Balaban J connectivity index is 0.000000188. The predicted octanol–water partition coefficient (Wildman–Crippen LogP) is 9.69. The maximum atomic E-state index is 11.5. The van der Waals surface area contributed by atoms with E-state index >= 15 is 0 Å². The second-order valence-electron chi connectivity index (χ2n) is 9.73. The van der Waals surface area contributed by atoms with Gasteiger partial charge in [-0.3, -0.25) is 0 Å². The first-order valence-electron chi connectivity index (χ1n) is 13.6. The molecule has 0 aliphatic carbocycles. The average molecular weight is 642 g/mol. The van der Waals surface area contributed by atoms with Gasteiger partial charge in [-0.05, 0) is 78.4 Å². The summed E-state index contributed by atoms with van der Waals surface area (Å²) in [6, 6.07) is 53.1. The van der Waals surface area contributed by atoms with Gasteiger partial charge in [-0.15, -0.1) is 0 Å². The summed E-state index contributed by atoms with van der Waals surface area (Å²) >= 11 is 17.4. The van der Waals surface area contributed by atoms with Crippen LogP contribution in [0.4, 0.5) is 0 Å². The van der Waals surface area contributed by atoms with E-state index in [0.29, 0.717) is 20.8 Å². The first kappa shape index (κ1) is 30.7. The van der Waals surface area contributed by atoms with Gasteiger partial charge < -0.3 is 9.84 Å². The fourth-order valence-corrected chi connectivity index (χ4v) is 9.72. The summed E-state index contributed by atoms with van der Waals surface area (Å²) in [5.41, 5.74) is 1.39. The summed E-state index contributed by atoms with van der Waals surface area (Å²) in [4.78, 5) is 0. The Kier molecular flexibility index (Phi) is 10.4. The zero-order valence-corrected chi connectivity index (χ0v) is 26.3. The fourth-order valence-electron chi connectivity index (χ4n) is 4.87. The van der Waals surface area contributed by atoms with Crippen molar-refractivity contribution in [3.8, 4) is 17.2 Å². The lowest BCUT2D eigenvalue weighted by Gasteiger charge is -2.27. The van der Waals surface area contributed by atoms with E-state index in [1.807, 2.05) is 0 Å². The molecule has 0 saturated carbocycles. The Morgan fingerprint density at radius 2 is 0.907 bits per heavy atom. The first-order chi connectivity index (χ1) is 21.0. The summed E-state index contributed by atoms with van der Waals surface area (Å²) in [7, 11) is -1.78. The van der Waals surface area contributed by atoms with Gasteiger partial charge in [0.1, 0.15) is 34.7 Å². The maximum Gasteiger partial charge on any atom is 0.146 e. The van der Waals surface area contributed by atoms with Gasteiger partial charge in [-0.2, -0.15) is 0 Å². The van der Waals surface area contributed by atoms with Crippen LogP contribution in [0.25, 0.3) is 0 Å². The second kappa shape index (κ2) is 14.6. The summed E-state index contributed by atoms with van der Waals surface area (Å²) in [6.07, 6.45) is 1.03. The van der Waals surface area contributed by atoms with Crippen molar-refractivity contribution in [2.24, 2.45) is 0 Å². The van der Waals surface area contributed by atoms with Crippen molar-refractivity contribution < 1.29 is 9.84 Å². The van der Waals surface area contributed by atoms with Gasteiger partial charge >= 0.3 is 0 Å². The molecule has 0 fully saturated rings. The van der Waals surface area contributed by atoms with Gasteiger partial charge in [-0.25, -0.2) is 0 Å². The van der Waals surface area contributed by atoms with Crippen LogP contribution < -0.4 is 25.8 Å². The fraction of sp³-hybridized carbons (Fsp3) is 0.0270. The molecule has 0 saturated heterocycles. The minimum absolute atomic E-state index is 0.165. The molecular weight excluding hydrogens is 614 g/mol. The highest BCUT2D eigenvalue weighted by Gasteiger charge is 2.45. The zero-order valence-electron chi connectivity index (χ0n) is 23.1. The van der Waals surface area contributed by atoms with Gasteiger partial charge in [0.15, 0.2) is 0 Å². The standard InChI is InChI=1S/C25H22P.C12H7Cl3O2/c1-5-13-22(14-6-1)21-26(23-15-7-2-8-16-23,24-17-9-3-10-18-24)25-19-11-4-12-20-25;13-7-1-3-11(9(15)5-7)17-12-4-2-8(14)6-10(12)16/h1-20H,21H2;1-6,16H/q+1;/p-1. The number of hydrogen-bond acceptors (Lipinski definition) is 2. The van der Waals surface area contributed by atoms with Crippen LogP contribution >= 0.6 is 42.1 Å². The minimum atomic E-state index is -1.78. The third kappa shape index (κ3) is 7.60. The van der Waals surface area contributed by atoms with Crippen LogP contribution in [0.1, 0.15) is 5.56 Å². The summed E-state index contributed by atoms with van der Waals surface area (Å²) in [6.45, 7) is 0. The van der Waals surface area contributed by atoms with E-state index in [9.17, 15) is 5.11 Å². The smallest absolute Gasteiger partial charge is 0.146 e. The molecule has 2 nitrogen and oxygen atoms in total. The molecule has 0 aliphatic rings. The van der Waals surface area contributed by atoms with Crippen LogP contribution in [-0.4, -0.2) is 0 Å². The molecule has 0 heterocycles. The molecule has 0 aromatic heterocycles. The van der Waals surface area contributed by atoms with Gasteiger partial charge in [0.2, 0.25) is 0 Å². The van der Waals surface area contributed by atoms with Crippen LogP contribution in [0, 0.1) is 0 Å². The molecule has 0 unspecified atom stereocenters. The van der Waals surface area contributed by atoms with Crippen molar-refractivity contribution >= 4 is 58.0 Å². The molecular formula is C37H28Cl3O2P. The van der Waals surface area contributed by atoms with Crippen molar-refractivity contribution in [2.75, 3.05) is 0 Å². The molecule has 6 aromatic rings. The van der Waals surface area contributed by atoms with Crippen LogP contribution in [-0.2, 0) is 6.16 Å². The zero-order chi connectivity index (χ0) is 30.1. The molecule has 0 N–H and O–H groups in total. The van der Waals surface area contributed by atoms with E-state index in [0.717, 1.165) is 6.16 Å². The SMILES string of the molecule is [O-]c1cc(Cl)ccc1Oc1ccc(Cl)cc1Cl.c1ccc(C[P+](c2ccccc2)(c2ccccc2)c2ccccc2)cc1. The summed E-state index contributed by atoms with van der Waals surface area (Å²) in [5, 5.41) is 17.0. The highest BCUT2D eigenvalue weighted by Crippen LogP contribution is 2.58. The van der Waals surface area contributed by atoms with E-state index in [1.165, 1.54) is 33.6 Å². The van der Waals surface area contributed by atoms with Crippen molar-refractivity contribution in [2.45, 2.75) is 6.16 Å². The minimum Gasteiger partial charge on any atom is -0.870 e. The van der Waals surface area contributed by atoms with Crippen molar-refractivity contribution in [1.82, 2.24) is 0 Å². The second-order valence-corrected chi connectivity index (χ2v) is 14.5. The summed E-state index contributed by atoms with van der Waals surface area (Å²) in [5.74, 6) is 0.234. The Morgan fingerprint density at radius 1 is 0.488 bits per heavy atom. The Hall–Kier alpha value is -3.78. The molecule has 0 bridgehead atoms. The maximum absolute atomic E-state index is 11.5. The van der Waals surface area contributed by atoms with Gasteiger partial charge in [0.25, 0.3) is 0 Å². The molecule has 0 radical (unpaired) electrons. The van der Waals surface area contributed by atoms with Crippen LogP contribution in [0.2, 0.25) is 15.1 Å². The molecule has 0 amide bonds. The average Bonchev–Trinajstić information content (AvgIpc) is 3.04. The van der Waals surface area contributed by atoms with Crippen LogP contribution in [0.5, 0.6) is 17.2 Å². The molecule has 6 heteroatoms. The van der Waals surface area contributed by atoms with Gasteiger partial charge in [0.05, 0.1) is 11.2 Å². The third-order valence-corrected chi connectivity index (χ3v) is 12.0. The van der Waals surface area contributed by atoms with E-state index in [-0.39, 0.29) is 11.5 Å². The number of rotatable bonds is 7. The Bertz CT molecular complexity index is 1600. The first-order valence-corrected chi connectivity index (χ1v) is 16.7. The Morgan fingerprint density at radius 3 is 1.35 bits per heavy atom. The van der Waals surface area contributed by atoms with Crippen molar-refractivity contribution in [1.29, 1.82) is 0 Å². The number of halogens is 3. The third-order valence-electron chi connectivity index (χ3n) is 6.87. The molecule has 6 aromatic carbocycles.